The molecule has 0 spiro atoms. The molecule has 0 bridgehead atoms. The fourth-order valence-corrected chi connectivity index (χ4v) is 2.96. The number of amides is 2. The first-order valence-electron chi connectivity index (χ1n) is 8.29. The van der Waals surface area contributed by atoms with Gasteiger partial charge in [-0.2, -0.15) is 0 Å². The second-order valence-corrected chi connectivity index (χ2v) is 6.56. The van der Waals surface area contributed by atoms with Crippen molar-refractivity contribution in [3.05, 3.63) is 65.2 Å². The summed E-state index contributed by atoms with van der Waals surface area (Å²) in [5.74, 6) is -1.15. The Labute approximate surface area is 150 Å². The first-order valence-corrected chi connectivity index (χ1v) is 8.29. The molecule has 2 heterocycles. The molecule has 2 aromatic rings. The summed E-state index contributed by atoms with van der Waals surface area (Å²) in [5, 5.41) is 0. The molecule has 2 N–H and O–H groups in total. The topological polar surface area (TPSA) is 85.5 Å². The Hall–Kier alpha value is -2.80. The summed E-state index contributed by atoms with van der Waals surface area (Å²) < 4.78 is 18.8. The number of nitrogens with zero attached hydrogens (tertiary/aromatic N) is 2. The number of carbonyl (C=O) groups is 2. The van der Waals surface area contributed by atoms with E-state index >= 15 is 0 Å². The molecular weight excluding hydrogens is 337 g/mol. The van der Waals surface area contributed by atoms with E-state index in [-0.39, 0.29) is 24.9 Å². The van der Waals surface area contributed by atoms with E-state index in [1.165, 1.54) is 23.2 Å². The Bertz CT molecular complexity index is 842. The molecule has 2 amide bonds. The number of hydrogen-bond acceptors (Lipinski definition) is 4. The molecule has 6 nitrogen and oxygen atoms in total. The molecule has 1 fully saturated rings. The molecular formula is C19H20FN3O3. The number of ether oxygens (including phenoxy) is 1. The Morgan fingerprint density at radius 2 is 2.12 bits per heavy atom. The Morgan fingerprint density at radius 3 is 2.85 bits per heavy atom. The van der Waals surface area contributed by atoms with Crippen molar-refractivity contribution in [1.82, 2.24) is 9.88 Å². The first-order chi connectivity index (χ1) is 12.4. The van der Waals surface area contributed by atoms with Crippen LogP contribution in [0.3, 0.4) is 0 Å². The van der Waals surface area contributed by atoms with Crippen LogP contribution in [0.15, 0.2) is 42.7 Å². The van der Waals surface area contributed by atoms with Gasteiger partial charge in [0.25, 0.3) is 11.8 Å². The summed E-state index contributed by atoms with van der Waals surface area (Å²) in [6.07, 6.45) is 3.59. The van der Waals surface area contributed by atoms with Crippen LogP contribution in [0.4, 0.5) is 4.39 Å². The largest absolute Gasteiger partial charge is 0.367 e. The van der Waals surface area contributed by atoms with Gasteiger partial charge in [0.2, 0.25) is 0 Å². The summed E-state index contributed by atoms with van der Waals surface area (Å²) in [7, 11) is 0. The van der Waals surface area contributed by atoms with Crippen LogP contribution in [0, 0.1) is 5.82 Å². The predicted octanol–water partition coefficient (Wildman–Crippen LogP) is 1.53. The maximum atomic E-state index is 13.3. The second-order valence-electron chi connectivity index (χ2n) is 6.56. The highest BCUT2D eigenvalue weighted by Gasteiger charge is 2.39. The highest BCUT2D eigenvalue weighted by atomic mass is 19.1. The van der Waals surface area contributed by atoms with Crippen LogP contribution in [0.5, 0.6) is 0 Å². The van der Waals surface area contributed by atoms with E-state index < -0.39 is 11.5 Å². The number of aromatic nitrogens is 1. The van der Waals surface area contributed by atoms with Gasteiger partial charge in [-0.05, 0) is 42.7 Å². The van der Waals surface area contributed by atoms with Crippen LogP contribution in [0.25, 0.3) is 0 Å². The van der Waals surface area contributed by atoms with Gasteiger partial charge in [-0.3, -0.25) is 14.6 Å². The van der Waals surface area contributed by atoms with Crippen molar-refractivity contribution in [2.24, 2.45) is 5.73 Å². The molecule has 0 radical (unpaired) electrons. The molecule has 136 valence electrons. The number of benzene rings is 1. The average Bonchev–Trinajstić information content (AvgIpc) is 2.61. The Morgan fingerprint density at radius 1 is 1.31 bits per heavy atom. The molecule has 26 heavy (non-hydrogen) atoms. The molecule has 1 aliphatic heterocycles. The first kappa shape index (κ1) is 18.0. The van der Waals surface area contributed by atoms with Crippen molar-refractivity contribution >= 4 is 11.8 Å². The lowest BCUT2D eigenvalue weighted by atomic mass is 10.0. The molecule has 1 aromatic heterocycles. The van der Waals surface area contributed by atoms with E-state index in [0.717, 1.165) is 11.1 Å². The lowest BCUT2D eigenvalue weighted by Gasteiger charge is -2.38. The van der Waals surface area contributed by atoms with Crippen molar-refractivity contribution in [3.8, 4) is 0 Å². The zero-order chi connectivity index (χ0) is 18.7. The summed E-state index contributed by atoms with van der Waals surface area (Å²) in [6, 6.07) is 8.03. The van der Waals surface area contributed by atoms with Crippen molar-refractivity contribution < 1.29 is 18.7 Å². The standard InChI is InChI=1S/C19H20FN3O3/c1-19(18(21)25)12-23(5-6-26-19)17(24)15-8-14(10-22-11-15)7-13-3-2-4-16(20)9-13/h2-4,8-11H,5-7,12H2,1H3,(H2,21,25)/t19-/m1/s1. The number of primary amides is 1. The zero-order valence-electron chi connectivity index (χ0n) is 14.4. The highest BCUT2D eigenvalue weighted by molar-refractivity contribution is 5.95. The normalized spacial score (nSPS) is 20.0. The maximum Gasteiger partial charge on any atom is 0.255 e. The van der Waals surface area contributed by atoms with Crippen LogP contribution in [-0.2, 0) is 16.0 Å². The van der Waals surface area contributed by atoms with Crippen molar-refractivity contribution in [3.63, 3.8) is 0 Å². The van der Waals surface area contributed by atoms with Gasteiger partial charge in [0.15, 0.2) is 5.60 Å². The molecule has 3 rings (SSSR count). The van der Waals surface area contributed by atoms with Crippen molar-refractivity contribution in [2.75, 3.05) is 19.7 Å². The lowest BCUT2D eigenvalue weighted by Crippen LogP contribution is -2.58. The quantitative estimate of drug-likeness (QED) is 0.899. The number of nitrogens with two attached hydrogens (primary N) is 1. The van der Waals surface area contributed by atoms with Gasteiger partial charge < -0.3 is 15.4 Å². The van der Waals surface area contributed by atoms with E-state index in [4.69, 9.17) is 10.5 Å². The van der Waals surface area contributed by atoms with E-state index in [1.807, 2.05) is 6.07 Å². The molecule has 1 atom stereocenters. The number of carbonyl (C=O) groups excluding carboxylic acids is 2. The predicted molar refractivity (Wildman–Crippen MR) is 92.9 cm³/mol. The van der Waals surface area contributed by atoms with Gasteiger partial charge in [0.05, 0.1) is 18.7 Å². The Kier molecular flexibility index (Phi) is 4.99. The van der Waals surface area contributed by atoms with Gasteiger partial charge in [-0.1, -0.05) is 12.1 Å². The third kappa shape index (κ3) is 3.88. The fourth-order valence-electron chi connectivity index (χ4n) is 2.96. The van der Waals surface area contributed by atoms with Gasteiger partial charge in [-0.25, -0.2) is 4.39 Å². The van der Waals surface area contributed by atoms with Gasteiger partial charge in [-0.15, -0.1) is 0 Å². The van der Waals surface area contributed by atoms with Gasteiger partial charge in [0, 0.05) is 18.9 Å². The molecule has 1 aromatic carbocycles. The fraction of sp³-hybridized carbons (Fsp3) is 0.316. The second kappa shape index (κ2) is 7.21. The Balaban J connectivity index is 1.77. The zero-order valence-corrected chi connectivity index (χ0v) is 14.4. The monoisotopic (exact) mass is 357 g/mol. The number of pyridine rings is 1. The third-order valence-corrected chi connectivity index (χ3v) is 4.42. The molecule has 0 aliphatic carbocycles. The number of halogens is 1. The third-order valence-electron chi connectivity index (χ3n) is 4.42. The van der Waals surface area contributed by atoms with E-state index in [2.05, 4.69) is 4.98 Å². The molecule has 1 saturated heterocycles. The number of hydrogen-bond donors (Lipinski definition) is 1. The van der Waals surface area contributed by atoms with Crippen LogP contribution in [0.1, 0.15) is 28.4 Å². The lowest BCUT2D eigenvalue weighted by molar-refractivity contribution is -0.150. The number of morpholine rings is 1. The summed E-state index contributed by atoms with van der Waals surface area (Å²) in [4.78, 5) is 30.0. The van der Waals surface area contributed by atoms with Crippen LogP contribution in [0.2, 0.25) is 0 Å². The van der Waals surface area contributed by atoms with E-state index in [1.54, 1.807) is 25.3 Å². The van der Waals surface area contributed by atoms with Crippen LogP contribution >= 0.6 is 0 Å². The molecule has 1 aliphatic rings. The van der Waals surface area contributed by atoms with Crippen LogP contribution in [-0.4, -0.2) is 47.0 Å². The minimum Gasteiger partial charge on any atom is -0.367 e. The summed E-state index contributed by atoms with van der Waals surface area (Å²) in [6.45, 7) is 2.28. The summed E-state index contributed by atoms with van der Waals surface area (Å²) in [5.41, 5.74) is 6.19. The smallest absolute Gasteiger partial charge is 0.255 e. The van der Waals surface area contributed by atoms with Crippen molar-refractivity contribution in [1.29, 1.82) is 0 Å². The number of rotatable bonds is 4. The van der Waals surface area contributed by atoms with Crippen LogP contribution < -0.4 is 5.73 Å². The van der Waals surface area contributed by atoms with Crippen molar-refractivity contribution in [2.45, 2.75) is 18.9 Å². The molecule has 0 unspecified atom stereocenters. The summed E-state index contributed by atoms with van der Waals surface area (Å²) >= 11 is 0. The van der Waals surface area contributed by atoms with E-state index in [0.29, 0.717) is 18.5 Å². The average molecular weight is 357 g/mol. The minimum absolute atomic E-state index is 0.0926. The minimum atomic E-state index is -1.19. The highest BCUT2D eigenvalue weighted by Crippen LogP contribution is 2.20. The van der Waals surface area contributed by atoms with Gasteiger partial charge >= 0.3 is 0 Å². The SMILES string of the molecule is C[C@]1(C(N)=O)CN(C(=O)c2cncc(Cc3cccc(F)c3)c2)CCO1. The molecule has 0 saturated carbocycles. The maximum absolute atomic E-state index is 13.3. The molecule has 7 heteroatoms. The van der Waals surface area contributed by atoms with E-state index in [9.17, 15) is 14.0 Å². The van der Waals surface area contributed by atoms with Gasteiger partial charge in [0.1, 0.15) is 5.82 Å².